The van der Waals surface area contributed by atoms with E-state index in [2.05, 4.69) is 28.8 Å². The van der Waals surface area contributed by atoms with Gasteiger partial charge in [-0.1, -0.05) is 26.0 Å². The lowest BCUT2D eigenvalue weighted by Gasteiger charge is -2.18. The molecule has 0 spiro atoms. The van der Waals surface area contributed by atoms with E-state index in [1.165, 1.54) is 13.2 Å². The molecule has 0 radical (unpaired) electrons. The van der Waals surface area contributed by atoms with Crippen LogP contribution >= 0.6 is 0 Å². The lowest BCUT2D eigenvalue weighted by molar-refractivity contribution is 0.102. The Bertz CT molecular complexity index is 908. The number of anilines is 2. The first-order valence-corrected chi connectivity index (χ1v) is 10.9. The molecule has 0 unspecified atom stereocenters. The van der Waals surface area contributed by atoms with Crippen molar-refractivity contribution in [3.63, 3.8) is 0 Å². The second kappa shape index (κ2) is 9.57. The summed E-state index contributed by atoms with van der Waals surface area (Å²) in [5, 5.41) is 2.78. The molecule has 8 heteroatoms. The van der Waals surface area contributed by atoms with Crippen LogP contribution in [0.5, 0.6) is 5.75 Å². The maximum Gasteiger partial charge on any atom is 0.255 e. The van der Waals surface area contributed by atoms with E-state index in [9.17, 15) is 13.2 Å². The summed E-state index contributed by atoms with van der Waals surface area (Å²) < 4.78 is 30.6. The lowest BCUT2D eigenvalue weighted by atomic mass is 10.1. The standard InChI is InChI=1S/C20H27N3O4S/c1-5-23(6-2)14-15-7-9-16(10-8-15)20(24)21-17-11-12-19(27-3)18(13-17)22-28(4,25)26/h7-13,22H,5-6,14H2,1-4H3,(H,21,24). The van der Waals surface area contributed by atoms with Gasteiger partial charge >= 0.3 is 0 Å². The van der Waals surface area contributed by atoms with Gasteiger partial charge in [0.2, 0.25) is 10.0 Å². The number of hydrogen-bond donors (Lipinski definition) is 2. The molecule has 2 aromatic carbocycles. The highest BCUT2D eigenvalue weighted by Crippen LogP contribution is 2.28. The van der Waals surface area contributed by atoms with Crippen molar-refractivity contribution < 1.29 is 17.9 Å². The molecular formula is C20H27N3O4S. The highest BCUT2D eigenvalue weighted by Gasteiger charge is 2.12. The molecular weight excluding hydrogens is 378 g/mol. The van der Waals surface area contributed by atoms with E-state index in [1.54, 1.807) is 24.3 Å². The summed E-state index contributed by atoms with van der Waals surface area (Å²) in [6.07, 6.45) is 1.05. The lowest BCUT2D eigenvalue weighted by Crippen LogP contribution is -2.22. The van der Waals surface area contributed by atoms with Gasteiger partial charge < -0.3 is 10.1 Å². The number of sulfonamides is 1. The largest absolute Gasteiger partial charge is 0.495 e. The average Bonchev–Trinajstić information content (AvgIpc) is 2.65. The molecule has 2 N–H and O–H groups in total. The number of rotatable bonds is 9. The number of ether oxygens (including phenoxy) is 1. The monoisotopic (exact) mass is 405 g/mol. The Kier molecular flexibility index (Phi) is 7.42. The summed E-state index contributed by atoms with van der Waals surface area (Å²) in [5.74, 6) is 0.0917. The van der Waals surface area contributed by atoms with Gasteiger partial charge in [0.1, 0.15) is 5.75 Å². The molecule has 0 fully saturated rings. The fraction of sp³-hybridized carbons (Fsp3) is 0.350. The molecule has 0 aliphatic carbocycles. The van der Waals surface area contributed by atoms with E-state index in [4.69, 9.17) is 4.74 Å². The van der Waals surface area contributed by atoms with Crippen molar-refractivity contribution in [3.8, 4) is 5.75 Å². The molecule has 0 aromatic heterocycles. The molecule has 152 valence electrons. The fourth-order valence-electron chi connectivity index (χ4n) is 2.74. The third kappa shape index (κ3) is 6.24. The fourth-order valence-corrected chi connectivity index (χ4v) is 3.29. The van der Waals surface area contributed by atoms with Gasteiger partial charge in [0.25, 0.3) is 5.91 Å². The highest BCUT2D eigenvalue weighted by molar-refractivity contribution is 7.92. The van der Waals surface area contributed by atoms with Gasteiger partial charge in [-0.25, -0.2) is 8.42 Å². The number of nitrogens with one attached hydrogen (secondary N) is 2. The first kappa shape index (κ1) is 21.7. The maximum atomic E-state index is 12.5. The Morgan fingerprint density at radius 1 is 1.07 bits per heavy atom. The number of nitrogens with zero attached hydrogens (tertiary/aromatic N) is 1. The Labute approximate surface area is 166 Å². The van der Waals surface area contributed by atoms with E-state index in [1.807, 2.05) is 12.1 Å². The summed E-state index contributed by atoms with van der Waals surface area (Å²) in [4.78, 5) is 14.8. The predicted molar refractivity (Wildman–Crippen MR) is 112 cm³/mol. The zero-order chi connectivity index (χ0) is 20.7. The number of amides is 1. The normalized spacial score (nSPS) is 11.3. The summed E-state index contributed by atoms with van der Waals surface area (Å²) in [5.41, 5.74) is 2.39. The molecule has 28 heavy (non-hydrogen) atoms. The van der Waals surface area contributed by atoms with E-state index in [-0.39, 0.29) is 11.6 Å². The number of carbonyl (C=O) groups excluding carboxylic acids is 1. The van der Waals surface area contributed by atoms with Crippen molar-refractivity contribution in [2.45, 2.75) is 20.4 Å². The molecule has 0 aliphatic heterocycles. The van der Waals surface area contributed by atoms with Crippen LogP contribution < -0.4 is 14.8 Å². The second-order valence-corrected chi connectivity index (χ2v) is 8.15. The topological polar surface area (TPSA) is 87.7 Å². The first-order chi connectivity index (χ1) is 13.3. The van der Waals surface area contributed by atoms with Crippen LogP contribution in [0.15, 0.2) is 42.5 Å². The van der Waals surface area contributed by atoms with Crippen molar-refractivity contribution in [3.05, 3.63) is 53.6 Å². The molecule has 0 atom stereocenters. The minimum absolute atomic E-state index is 0.261. The van der Waals surface area contributed by atoms with Gasteiger partial charge in [-0.2, -0.15) is 0 Å². The third-order valence-corrected chi connectivity index (χ3v) is 4.86. The van der Waals surface area contributed by atoms with Gasteiger partial charge in [0, 0.05) is 17.8 Å². The minimum atomic E-state index is -3.47. The van der Waals surface area contributed by atoms with Crippen molar-refractivity contribution >= 4 is 27.3 Å². The molecule has 1 amide bonds. The predicted octanol–water partition coefficient (Wildman–Crippen LogP) is 3.16. The van der Waals surface area contributed by atoms with Crippen LogP contribution in [-0.4, -0.2) is 45.7 Å². The van der Waals surface area contributed by atoms with E-state index >= 15 is 0 Å². The number of hydrogen-bond acceptors (Lipinski definition) is 5. The maximum absolute atomic E-state index is 12.5. The Morgan fingerprint density at radius 3 is 2.25 bits per heavy atom. The summed E-state index contributed by atoms with van der Waals surface area (Å²) in [7, 11) is -2.03. The molecule has 0 bridgehead atoms. The molecule has 0 saturated heterocycles. The van der Waals surface area contributed by atoms with Crippen LogP contribution in [0.25, 0.3) is 0 Å². The average molecular weight is 406 g/mol. The summed E-state index contributed by atoms with van der Waals surface area (Å²) in [6, 6.07) is 12.2. The SMILES string of the molecule is CCN(CC)Cc1ccc(C(=O)Nc2ccc(OC)c(NS(C)(=O)=O)c2)cc1. The van der Waals surface area contributed by atoms with Crippen molar-refractivity contribution in [2.75, 3.05) is 36.5 Å². The van der Waals surface area contributed by atoms with E-state index < -0.39 is 10.0 Å². The van der Waals surface area contributed by atoms with Gasteiger partial charge in [0.05, 0.1) is 19.1 Å². The van der Waals surface area contributed by atoms with E-state index in [0.29, 0.717) is 17.0 Å². The van der Waals surface area contributed by atoms with Crippen molar-refractivity contribution in [2.24, 2.45) is 0 Å². The van der Waals surface area contributed by atoms with Crippen LogP contribution in [0.1, 0.15) is 29.8 Å². The smallest absolute Gasteiger partial charge is 0.255 e. The van der Waals surface area contributed by atoms with Crippen molar-refractivity contribution in [1.29, 1.82) is 0 Å². The summed E-state index contributed by atoms with van der Waals surface area (Å²) in [6.45, 7) is 7.02. The Balaban J connectivity index is 2.13. The molecule has 2 rings (SSSR count). The van der Waals surface area contributed by atoms with Gasteiger partial charge in [-0.05, 0) is 49.0 Å². The summed E-state index contributed by atoms with van der Waals surface area (Å²) >= 11 is 0. The zero-order valence-electron chi connectivity index (χ0n) is 16.7. The zero-order valence-corrected chi connectivity index (χ0v) is 17.5. The highest BCUT2D eigenvalue weighted by atomic mass is 32.2. The van der Waals surface area contributed by atoms with Crippen LogP contribution in [0.2, 0.25) is 0 Å². The van der Waals surface area contributed by atoms with Gasteiger partial charge in [-0.15, -0.1) is 0 Å². The van der Waals surface area contributed by atoms with Crippen molar-refractivity contribution in [1.82, 2.24) is 4.90 Å². The second-order valence-electron chi connectivity index (χ2n) is 6.40. The van der Waals surface area contributed by atoms with Crippen LogP contribution in [0.3, 0.4) is 0 Å². The molecule has 7 nitrogen and oxygen atoms in total. The van der Waals surface area contributed by atoms with Gasteiger partial charge in [-0.3, -0.25) is 14.4 Å². The molecule has 2 aromatic rings. The Hall–Kier alpha value is -2.58. The minimum Gasteiger partial charge on any atom is -0.495 e. The molecule has 0 aliphatic rings. The van der Waals surface area contributed by atoms with E-state index in [0.717, 1.165) is 31.5 Å². The Morgan fingerprint density at radius 2 is 1.71 bits per heavy atom. The number of carbonyl (C=O) groups is 1. The van der Waals surface area contributed by atoms with Crippen LogP contribution in [0.4, 0.5) is 11.4 Å². The van der Waals surface area contributed by atoms with Crippen LogP contribution in [0, 0.1) is 0 Å². The molecule has 0 heterocycles. The first-order valence-electron chi connectivity index (χ1n) is 9.04. The van der Waals surface area contributed by atoms with Gasteiger partial charge in [0.15, 0.2) is 0 Å². The quantitative estimate of drug-likeness (QED) is 0.669. The number of methoxy groups -OCH3 is 1. The van der Waals surface area contributed by atoms with Crippen LogP contribution in [-0.2, 0) is 16.6 Å². The number of benzene rings is 2. The molecule has 0 saturated carbocycles. The third-order valence-electron chi connectivity index (χ3n) is 4.27.